The number of hydrogen-bond acceptors (Lipinski definition) is 2. The van der Waals surface area contributed by atoms with E-state index < -0.39 is 0 Å². The summed E-state index contributed by atoms with van der Waals surface area (Å²) < 4.78 is 7.03. The number of carbonyl (C=O) groups is 1. The van der Waals surface area contributed by atoms with Gasteiger partial charge in [-0.15, -0.1) is 0 Å². The molecule has 5 heteroatoms. The minimum Gasteiger partial charge on any atom is -0.497 e. The topological polar surface area (TPSA) is 43.3 Å². The number of aromatic nitrogens is 1. The quantitative estimate of drug-likeness (QED) is 0.751. The second kappa shape index (κ2) is 7.23. The molecule has 0 radical (unpaired) electrons. The zero-order valence-corrected chi connectivity index (χ0v) is 14.0. The molecule has 0 spiro atoms. The van der Waals surface area contributed by atoms with Gasteiger partial charge < -0.3 is 14.6 Å². The Kier molecular flexibility index (Phi) is 4.87. The fourth-order valence-electron chi connectivity index (χ4n) is 2.44. The Morgan fingerprint density at radius 3 is 2.50 bits per heavy atom. The number of amides is 1. The molecular formula is C19H17ClN2O2. The molecule has 0 aliphatic rings. The van der Waals surface area contributed by atoms with E-state index in [2.05, 4.69) is 5.32 Å². The van der Waals surface area contributed by atoms with Gasteiger partial charge in [-0.05, 0) is 48.0 Å². The van der Waals surface area contributed by atoms with Gasteiger partial charge in [0, 0.05) is 17.4 Å². The van der Waals surface area contributed by atoms with Gasteiger partial charge in [0.15, 0.2) is 0 Å². The van der Waals surface area contributed by atoms with Crippen LogP contribution in [0.1, 0.15) is 5.56 Å². The number of benzene rings is 2. The fourth-order valence-corrected chi connectivity index (χ4v) is 2.61. The summed E-state index contributed by atoms with van der Waals surface area (Å²) in [6.45, 7) is 0. The standard InChI is InChI=1S/C19H17ClN2O2/c1-24-16-7-4-14(5-8-16)12-19(23)21-17-9-6-15(20)13-18(17)22-10-2-3-11-22/h2-11,13H,12H2,1H3,(H,21,23). The van der Waals surface area contributed by atoms with Crippen LogP contribution in [-0.2, 0) is 11.2 Å². The summed E-state index contributed by atoms with van der Waals surface area (Å²) in [5.74, 6) is 0.683. The van der Waals surface area contributed by atoms with Crippen LogP contribution in [0.2, 0.25) is 5.02 Å². The Hall–Kier alpha value is -2.72. The third-order valence-corrected chi connectivity index (χ3v) is 3.88. The van der Waals surface area contributed by atoms with Gasteiger partial charge in [0.05, 0.1) is 24.9 Å². The number of halogens is 1. The summed E-state index contributed by atoms with van der Waals surface area (Å²) in [5, 5.41) is 3.57. The average molecular weight is 341 g/mol. The van der Waals surface area contributed by atoms with Crippen LogP contribution in [0.3, 0.4) is 0 Å². The van der Waals surface area contributed by atoms with Gasteiger partial charge in [-0.1, -0.05) is 23.7 Å². The van der Waals surface area contributed by atoms with Crippen molar-refractivity contribution in [3.63, 3.8) is 0 Å². The predicted octanol–water partition coefficient (Wildman–Crippen LogP) is 4.32. The third-order valence-electron chi connectivity index (χ3n) is 3.64. The van der Waals surface area contributed by atoms with Crippen molar-refractivity contribution in [2.24, 2.45) is 0 Å². The van der Waals surface area contributed by atoms with E-state index in [9.17, 15) is 4.79 Å². The van der Waals surface area contributed by atoms with Crippen molar-refractivity contribution in [1.29, 1.82) is 0 Å². The zero-order chi connectivity index (χ0) is 16.9. The summed E-state index contributed by atoms with van der Waals surface area (Å²) in [6, 6.07) is 16.7. The monoisotopic (exact) mass is 340 g/mol. The number of hydrogen-bond donors (Lipinski definition) is 1. The van der Waals surface area contributed by atoms with Gasteiger partial charge in [0.2, 0.25) is 5.91 Å². The van der Waals surface area contributed by atoms with E-state index in [1.54, 1.807) is 13.2 Å². The van der Waals surface area contributed by atoms with E-state index in [1.165, 1.54) is 0 Å². The maximum absolute atomic E-state index is 12.4. The molecule has 0 saturated carbocycles. The van der Waals surface area contributed by atoms with Gasteiger partial charge >= 0.3 is 0 Å². The number of ether oxygens (including phenoxy) is 1. The summed E-state index contributed by atoms with van der Waals surface area (Å²) >= 11 is 6.09. The number of rotatable bonds is 5. The summed E-state index contributed by atoms with van der Waals surface area (Å²) in [6.07, 6.45) is 4.10. The second-order valence-electron chi connectivity index (χ2n) is 5.32. The number of nitrogens with zero attached hydrogens (tertiary/aromatic N) is 1. The molecule has 0 bridgehead atoms. The molecule has 1 N–H and O–H groups in total. The highest BCUT2D eigenvalue weighted by Gasteiger charge is 2.10. The molecule has 122 valence electrons. The first-order valence-corrected chi connectivity index (χ1v) is 7.89. The minimum absolute atomic E-state index is 0.0871. The molecule has 0 aliphatic heterocycles. The van der Waals surface area contributed by atoms with Gasteiger partial charge in [-0.3, -0.25) is 4.79 Å². The van der Waals surface area contributed by atoms with Crippen molar-refractivity contribution < 1.29 is 9.53 Å². The Morgan fingerprint density at radius 2 is 1.83 bits per heavy atom. The summed E-state index contributed by atoms with van der Waals surface area (Å²) in [5.41, 5.74) is 2.47. The molecule has 0 unspecified atom stereocenters. The number of anilines is 1. The van der Waals surface area contributed by atoms with E-state index in [0.717, 1.165) is 17.0 Å². The van der Waals surface area contributed by atoms with Crippen LogP contribution in [0.5, 0.6) is 5.75 Å². The van der Waals surface area contributed by atoms with Gasteiger partial charge in [0.1, 0.15) is 5.75 Å². The van der Waals surface area contributed by atoms with Crippen LogP contribution in [0, 0.1) is 0 Å². The molecule has 1 heterocycles. The SMILES string of the molecule is COc1ccc(CC(=O)Nc2ccc(Cl)cc2-n2cccc2)cc1. The second-order valence-corrected chi connectivity index (χ2v) is 5.76. The average Bonchev–Trinajstić information content (AvgIpc) is 3.11. The van der Waals surface area contributed by atoms with Crippen LogP contribution in [0.25, 0.3) is 5.69 Å². The van der Waals surface area contributed by atoms with Crippen LogP contribution >= 0.6 is 11.6 Å². The van der Waals surface area contributed by atoms with Crippen LogP contribution < -0.4 is 10.1 Å². The van der Waals surface area contributed by atoms with E-state index in [0.29, 0.717) is 10.7 Å². The van der Waals surface area contributed by atoms with Crippen molar-refractivity contribution in [2.75, 3.05) is 12.4 Å². The number of methoxy groups -OCH3 is 1. The highest BCUT2D eigenvalue weighted by molar-refractivity contribution is 6.30. The molecule has 1 aromatic heterocycles. The minimum atomic E-state index is -0.0871. The molecule has 0 saturated heterocycles. The Bertz CT molecular complexity index is 827. The fraction of sp³-hybridized carbons (Fsp3) is 0.105. The van der Waals surface area contributed by atoms with Crippen LogP contribution in [0.4, 0.5) is 5.69 Å². The molecule has 4 nitrogen and oxygen atoms in total. The van der Waals surface area contributed by atoms with E-state index in [4.69, 9.17) is 16.3 Å². The highest BCUT2D eigenvalue weighted by atomic mass is 35.5. The maximum Gasteiger partial charge on any atom is 0.228 e. The molecule has 3 aromatic rings. The predicted molar refractivity (Wildman–Crippen MR) is 96.1 cm³/mol. The molecule has 2 aromatic carbocycles. The van der Waals surface area contributed by atoms with Gasteiger partial charge in [-0.25, -0.2) is 0 Å². The van der Waals surface area contributed by atoms with E-state index in [-0.39, 0.29) is 12.3 Å². The Morgan fingerprint density at radius 1 is 1.12 bits per heavy atom. The van der Waals surface area contributed by atoms with Crippen molar-refractivity contribution >= 4 is 23.2 Å². The molecule has 0 fully saturated rings. The summed E-state index contributed by atoms with van der Waals surface area (Å²) in [4.78, 5) is 12.4. The Labute approximate surface area is 145 Å². The smallest absolute Gasteiger partial charge is 0.228 e. The first kappa shape index (κ1) is 16.1. The van der Waals surface area contributed by atoms with E-state index >= 15 is 0 Å². The van der Waals surface area contributed by atoms with Gasteiger partial charge in [0.25, 0.3) is 0 Å². The van der Waals surface area contributed by atoms with Crippen LogP contribution in [0.15, 0.2) is 67.0 Å². The molecule has 0 aliphatic carbocycles. The first-order valence-electron chi connectivity index (χ1n) is 7.51. The molecule has 0 atom stereocenters. The van der Waals surface area contributed by atoms with Crippen molar-refractivity contribution in [3.8, 4) is 11.4 Å². The largest absolute Gasteiger partial charge is 0.497 e. The van der Waals surface area contributed by atoms with Crippen molar-refractivity contribution in [1.82, 2.24) is 4.57 Å². The van der Waals surface area contributed by atoms with Crippen molar-refractivity contribution in [3.05, 3.63) is 77.6 Å². The maximum atomic E-state index is 12.4. The molecule has 1 amide bonds. The lowest BCUT2D eigenvalue weighted by Crippen LogP contribution is -2.15. The lowest BCUT2D eigenvalue weighted by Gasteiger charge is -2.13. The molecule has 24 heavy (non-hydrogen) atoms. The van der Waals surface area contributed by atoms with E-state index in [1.807, 2.05) is 65.5 Å². The number of nitrogens with one attached hydrogen (secondary N) is 1. The Balaban J connectivity index is 1.76. The lowest BCUT2D eigenvalue weighted by atomic mass is 10.1. The number of carbonyl (C=O) groups excluding carboxylic acids is 1. The van der Waals surface area contributed by atoms with Crippen LogP contribution in [-0.4, -0.2) is 17.6 Å². The molecule has 3 rings (SSSR count). The lowest BCUT2D eigenvalue weighted by molar-refractivity contribution is -0.115. The third kappa shape index (κ3) is 3.78. The molecular weight excluding hydrogens is 324 g/mol. The highest BCUT2D eigenvalue weighted by Crippen LogP contribution is 2.25. The van der Waals surface area contributed by atoms with Crippen molar-refractivity contribution in [2.45, 2.75) is 6.42 Å². The summed E-state index contributed by atoms with van der Waals surface area (Å²) in [7, 11) is 1.62. The van der Waals surface area contributed by atoms with Gasteiger partial charge in [-0.2, -0.15) is 0 Å². The first-order chi connectivity index (χ1) is 11.7. The normalized spacial score (nSPS) is 10.4. The zero-order valence-electron chi connectivity index (χ0n) is 13.2.